The van der Waals surface area contributed by atoms with Crippen LogP contribution in [0.1, 0.15) is 31.0 Å². The molecule has 3 heterocycles. The van der Waals surface area contributed by atoms with Crippen molar-refractivity contribution in [1.29, 1.82) is 0 Å². The minimum Gasteiger partial charge on any atom is -0.463 e. The first-order valence-corrected chi connectivity index (χ1v) is 9.49. The van der Waals surface area contributed by atoms with Gasteiger partial charge in [-0.2, -0.15) is 9.40 Å². The van der Waals surface area contributed by atoms with Crippen LogP contribution < -0.4 is 0 Å². The van der Waals surface area contributed by atoms with Gasteiger partial charge in [0.15, 0.2) is 5.58 Å². The summed E-state index contributed by atoms with van der Waals surface area (Å²) in [5, 5.41) is 5.00. The van der Waals surface area contributed by atoms with Crippen molar-refractivity contribution in [1.82, 2.24) is 14.1 Å². The Bertz CT molecular complexity index is 974. The maximum Gasteiger partial charge on any atom is 0.247 e. The van der Waals surface area contributed by atoms with Crippen LogP contribution in [0.5, 0.6) is 0 Å². The fourth-order valence-corrected chi connectivity index (χ4v) is 5.32. The lowest BCUT2D eigenvalue weighted by molar-refractivity contribution is 0.246. The van der Waals surface area contributed by atoms with Gasteiger partial charge in [0.1, 0.15) is 4.90 Å². The molecule has 1 aromatic carbocycles. The van der Waals surface area contributed by atoms with Crippen LogP contribution in [-0.4, -0.2) is 29.0 Å². The fourth-order valence-electron chi connectivity index (χ4n) is 3.49. The lowest BCUT2D eigenvalue weighted by atomic mass is 10.0. The van der Waals surface area contributed by atoms with Crippen molar-refractivity contribution in [3.63, 3.8) is 0 Å². The third kappa shape index (κ3) is 2.35. The van der Waals surface area contributed by atoms with Gasteiger partial charge in [-0.3, -0.25) is 4.68 Å². The van der Waals surface area contributed by atoms with Crippen LogP contribution in [-0.2, 0) is 17.1 Å². The Labute approximate surface area is 140 Å². The number of aromatic nitrogens is 2. The average molecular weight is 345 g/mol. The zero-order valence-electron chi connectivity index (χ0n) is 13.4. The van der Waals surface area contributed by atoms with Crippen molar-refractivity contribution < 1.29 is 12.8 Å². The zero-order valence-corrected chi connectivity index (χ0v) is 14.2. The minimum absolute atomic E-state index is 0.193. The molecular weight excluding hydrogens is 326 g/mol. The number of fused-ring (bicyclic) bond motifs is 1. The Kier molecular flexibility index (Phi) is 3.69. The maximum absolute atomic E-state index is 13.4. The van der Waals surface area contributed by atoms with Gasteiger partial charge in [0, 0.05) is 25.2 Å². The third-order valence-electron chi connectivity index (χ3n) is 4.68. The van der Waals surface area contributed by atoms with Gasteiger partial charge >= 0.3 is 0 Å². The van der Waals surface area contributed by atoms with Crippen LogP contribution in [0.2, 0.25) is 0 Å². The molecule has 1 aliphatic heterocycles. The van der Waals surface area contributed by atoms with E-state index in [1.807, 2.05) is 19.2 Å². The van der Waals surface area contributed by atoms with Gasteiger partial charge in [0.2, 0.25) is 10.0 Å². The van der Waals surface area contributed by atoms with E-state index < -0.39 is 10.0 Å². The highest BCUT2D eigenvalue weighted by Crippen LogP contribution is 2.37. The second-order valence-electron chi connectivity index (χ2n) is 6.10. The van der Waals surface area contributed by atoms with E-state index in [0.717, 1.165) is 30.3 Å². The van der Waals surface area contributed by atoms with Gasteiger partial charge in [0.25, 0.3) is 0 Å². The number of benzene rings is 1. The molecule has 24 heavy (non-hydrogen) atoms. The molecule has 0 radical (unpaired) electrons. The fraction of sp³-hybridized carbons (Fsp3) is 0.353. The first-order valence-electron chi connectivity index (χ1n) is 8.05. The lowest BCUT2D eigenvalue weighted by Crippen LogP contribution is -2.39. The summed E-state index contributed by atoms with van der Waals surface area (Å²) in [4.78, 5) is 0.235. The summed E-state index contributed by atoms with van der Waals surface area (Å²) in [6.45, 7) is 0.509. The van der Waals surface area contributed by atoms with E-state index in [1.165, 1.54) is 6.26 Å². The highest BCUT2D eigenvalue weighted by molar-refractivity contribution is 7.89. The van der Waals surface area contributed by atoms with Crippen LogP contribution in [0.15, 0.2) is 52.1 Å². The molecule has 0 spiro atoms. The first kappa shape index (κ1) is 15.4. The van der Waals surface area contributed by atoms with Gasteiger partial charge in [-0.05, 0) is 31.0 Å². The van der Waals surface area contributed by atoms with Gasteiger partial charge in [-0.15, -0.1) is 0 Å². The van der Waals surface area contributed by atoms with Crippen molar-refractivity contribution in [3.8, 4) is 0 Å². The highest BCUT2D eigenvalue weighted by atomic mass is 32.2. The SMILES string of the molecule is Cn1nccc1C1CCCCN1S(=O)(=O)c1cccc2ccoc12. The molecule has 7 heteroatoms. The molecule has 1 atom stereocenters. The van der Waals surface area contributed by atoms with E-state index in [4.69, 9.17) is 4.42 Å². The van der Waals surface area contributed by atoms with Crippen molar-refractivity contribution in [2.24, 2.45) is 7.05 Å². The molecule has 1 aliphatic rings. The molecule has 4 rings (SSSR count). The number of nitrogens with zero attached hydrogens (tertiary/aromatic N) is 3. The summed E-state index contributed by atoms with van der Waals surface area (Å²) < 4.78 is 35.5. The smallest absolute Gasteiger partial charge is 0.247 e. The van der Waals surface area contributed by atoms with E-state index in [1.54, 1.807) is 33.4 Å². The first-order chi connectivity index (χ1) is 11.6. The van der Waals surface area contributed by atoms with Gasteiger partial charge < -0.3 is 4.42 Å². The predicted molar refractivity (Wildman–Crippen MR) is 89.9 cm³/mol. The normalized spacial score (nSPS) is 19.8. The maximum atomic E-state index is 13.4. The van der Waals surface area contributed by atoms with E-state index in [0.29, 0.717) is 12.1 Å². The standard InChI is InChI=1S/C17H19N3O3S/c1-19-14(8-10-18-19)15-6-2-3-11-20(15)24(21,22)16-7-4-5-13-9-12-23-17(13)16/h4-5,7-10,12,15H,2-3,6,11H2,1H3. The monoisotopic (exact) mass is 345 g/mol. The molecule has 0 bridgehead atoms. The van der Waals surface area contributed by atoms with E-state index in [9.17, 15) is 8.42 Å². The van der Waals surface area contributed by atoms with E-state index in [2.05, 4.69) is 5.10 Å². The number of hydrogen-bond donors (Lipinski definition) is 0. The molecule has 1 unspecified atom stereocenters. The molecule has 0 amide bonds. The van der Waals surface area contributed by atoms with Crippen LogP contribution in [0.4, 0.5) is 0 Å². The zero-order chi connectivity index (χ0) is 16.7. The number of piperidine rings is 1. The number of furan rings is 1. The topological polar surface area (TPSA) is 68.3 Å². The molecule has 0 N–H and O–H groups in total. The number of aryl methyl sites for hydroxylation is 1. The van der Waals surface area contributed by atoms with Crippen LogP contribution in [0, 0.1) is 0 Å². The number of hydrogen-bond acceptors (Lipinski definition) is 4. The summed E-state index contributed by atoms with van der Waals surface area (Å²) >= 11 is 0. The summed E-state index contributed by atoms with van der Waals surface area (Å²) in [6, 6.07) is 8.72. The van der Waals surface area contributed by atoms with Crippen LogP contribution >= 0.6 is 0 Å². The van der Waals surface area contributed by atoms with Gasteiger partial charge in [0.05, 0.1) is 18.0 Å². The Balaban J connectivity index is 1.82. The Morgan fingerprint density at radius 1 is 1.21 bits per heavy atom. The van der Waals surface area contributed by atoms with E-state index in [-0.39, 0.29) is 10.9 Å². The molecular formula is C17H19N3O3S. The van der Waals surface area contributed by atoms with Crippen molar-refractivity contribution in [2.45, 2.75) is 30.2 Å². The molecule has 3 aromatic rings. The van der Waals surface area contributed by atoms with Crippen molar-refractivity contribution in [3.05, 3.63) is 48.5 Å². The lowest BCUT2D eigenvalue weighted by Gasteiger charge is -2.34. The molecule has 0 aliphatic carbocycles. The number of para-hydroxylation sites is 1. The Morgan fingerprint density at radius 3 is 2.88 bits per heavy atom. The Morgan fingerprint density at radius 2 is 2.08 bits per heavy atom. The second kappa shape index (κ2) is 5.75. The molecule has 6 nitrogen and oxygen atoms in total. The van der Waals surface area contributed by atoms with Crippen LogP contribution in [0.25, 0.3) is 11.0 Å². The molecule has 1 saturated heterocycles. The largest absolute Gasteiger partial charge is 0.463 e. The minimum atomic E-state index is -3.65. The molecule has 1 fully saturated rings. The average Bonchev–Trinajstić information content (AvgIpc) is 3.22. The van der Waals surface area contributed by atoms with E-state index >= 15 is 0 Å². The van der Waals surface area contributed by atoms with Crippen molar-refractivity contribution >= 4 is 21.0 Å². The predicted octanol–water partition coefficient (Wildman–Crippen LogP) is 3.08. The number of sulfonamides is 1. The second-order valence-corrected chi connectivity index (χ2v) is 7.96. The summed E-state index contributed by atoms with van der Waals surface area (Å²) in [6.07, 6.45) is 5.90. The van der Waals surface area contributed by atoms with Crippen LogP contribution in [0.3, 0.4) is 0 Å². The quantitative estimate of drug-likeness (QED) is 0.731. The number of rotatable bonds is 3. The van der Waals surface area contributed by atoms with Gasteiger partial charge in [-0.25, -0.2) is 8.42 Å². The van der Waals surface area contributed by atoms with Crippen molar-refractivity contribution in [2.75, 3.05) is 6.54 Å². The molecule has 0 saturated carbocycles. The Hall–Kier alpha value is -2.12. The molecule has 2 aromatic heterocycles. The summed E-state index contributed by atoms with van der Waals surface area (Å²) in [7, 11) is -1.80. The third-order valence-corrected chi connectivity index (χ3v) is 6.62. The summed E-state index contributed by atoms with van der Waals surface area (Å²) in [5.41, 5.74) is 1.34. The highest BCUT2D eigenvalue weighted by Gasteiger charge is 2.37. The summed E-state index contributed by atoms with van der Waals surface area (Å²) in [5.74, 6) is 0. The molecule has 126 valence electrons. The van der Waals surface area contributed by atoms with Gasteiger partial charge in [-0.1, -0.05) is 18.6 Å².